The molecule has 6 nitrogen and oxygen atoms in total. The van der Waals surface area contributed by atoms with Gasteiger partial charge in [0.1, 0.15) is 5.82 Å². The largest absolute Gasteiger partial charge is 0.377 e. The summed E-state index contributed by atoms with van der Waals surface area (Å²) in [6.07, 6.45) is 4.60. The Morgan fingerprint density at radius 3 is 2.88 bits per heavy atom. The Balaban J connectivity index is 1.70. The number of aromatic nitrogens is 3. The predicted molar refractivity (Wildman–Crippen MR) is 98.5 cm³/mol. The van der Waals surface area contributed by atoms with Crippen molar-refractivity contribution in [2.75, 3.05) is 11.9 Å². The van der Waals surface area contributed by atoms with Crippen LogP contribution in [0.4, 0.5) is 5.69 Å². The molecule has 1 aliphatic rings. The van der Waals surface area contributed by atoms with E-state index in [0.717, 1.165) is 30.3 Å². The smallest absolute Gasteiger partial charge is 0.253 e. The van der Waals surface area contributed by atoms with Crippen LogP contribution in [0.5, 0.6) is 0 Å². The van der Waals surface area contributed by atoms with Crippen LogP contribution >= 0.6 is 0 Å². The highest BCUT2D eigenvalue weighted by molar-refractivity contribution is 5.99. The Morgan fingerprint density at radius 1 is 1.20 bits per heavy atom. The van der Waals surface area contributed by atoms with Crippen LogP contribution in [0.2, 0.25) is 0 Å². The quantitative estimate of drug-likeness (QED) is 0.847. The lowest BCUT2D eigenvalue weighted by molar-refractivity contribution is 0.0950. The molecule has 0 bridgehead atoms. The fourth-order valence-corrected chi connectivity index (χ4v) is 3.08. The summed E-state index contributed by atoms with van der Waals surface area (Å²) in [6.45, 7) is 6.39. The summed E-state index contributed by atoms with van der Waals surface area (Å²) in [5.41, 5.74) is 1.49. The number of amides is 1. The Morgan fingerprint density at radius 2 is 2.04 bits per heavy atom. The normalized spacial score (nSPS) is 14.0. The molecule has 134 valence electrons. The number of rotatable bonds is 6. The van der Waals surface area contributed by atoms with Crippen molar-refractivity contribution in [2.45, 2.75) is 52.6 Å². The van der Waals surface area contributed by atoms with Gasteiger partial charge in [-0.25, -0.2) is 0 Å². The van der Waals surface area contributed by atoms with E-state index in [4.69, 9.17) is 0 Å². The SMILES string of the molecule is CC(C)CNC(=O)c1ccccc1NCc1nnc2n1CCCCC2. The summed E-state index contributed by atoms with van der Waals surface area (Å²) in [5, 5.41) is 15.0. The van der Waals surface area contributed by atoms with E-state index in [1.54, 1.807) is 0 Å². The molecule has 1 amide bonds. The highest BCUT2D eigenvalue weighted by atomic mass is 16.1. The summed E-state index contributed by atoms with van der Waals surface area (Å²) in [4.78, 5) is 12.4. The van der Waals surface area contributed by atoms with Crippen LogP contribution in [0.25, 0.3) is 0 Å². The van der Waals surface area contributed by atoms with Crippen LogP contribution in [0, 0.1) is 5.92 Å². The lowest BCUT2D eigenvalue weighted by Gasteiger charge is -2.13. The average Bonchev–Trinajstić information content (AvgIpc) is 2.84. The van der Waals surface area contributed by atoms with E-state index < -0.39 is 0 Å². The zero-order chi connectivity index (χ0) is 17.6. The first-order valence-electron chi connectivity index (χ1n) is 9.17. The third-order valence-electron chi connectivity index (χ3n) is 4.47. The van der Waals surface area contributed by atoms with Crippen molar-refractivity contribution in [3.63, 3.8) is 0 Å². The molecular weight excluding hydrogens is 314 g/mol. The van der Waals surface area contributed by atoms with E-state index >= 15 is 0 Å². The molecule has 0 aliphatic carbocycles. The molecule has 0 saturated carbocycles. The summed E-state index contributed by atoms with van der Waals surface area (Å²) < 4.78 is 2.22. The number of nitrogens with zero attached hydrogens (tertiary/aromatic N) is 3. The van der Waals surface area contributed by atoms with E-state index in [9.17, 15) is 4.79 Å². The first-order valence-corrected chi connectivity index (χ1v) is 9.17. The number of anilines is 1. The van der Waals surface area contributed by atoms with E-state index in [-0.39, 0.29) is 5.91 Å². The first-order chi connectivity index (χ1) is 12.1. The van der Waals surface area contributed by atoms with Gasteiger partial charge >= 0.3 is 0 Å². The van der Waals surface area contributed by atoms with Gasteiger partial charge in [0.15, 0.2) is 5.82 Å². The van der Waals surface area contributed by atoms with Gasteiger partial charge in [-0.3, -0.25) is 4.79 Å². The number of nitrogens with one attached hydrogen (secondary N) is 2. The van der Waals surface area contributed by atoms with Gasteiger partial charge in [0.2, 0.25) is 0 Å². The highest BCUT2D eigenvalue weighted by Gasteiger charge is 2.16. The molecule has 0 spiro atoms. The number of carbonyl (C=O) groups excluding carboxylic acids is 1. The summed E-state index contributed by atoms with van der Waals surface area (Å²) >= 11 is 0. The lowest BCUT2D eigenvalue weighted by atomic mass is 10.1. The van der Waals surface area contributed by atoms with Gasteiger partial charge in [0, 0.05) is 25.2 Å². The Hall–Kier alpha value is -2.37. The second-order valence-electron chi connectivity index (χ2n) is 7.00. The molecule has 25 heavy (non-hydrogen) atoms. The van der Waals surface area contributed by atoms with Crippen LogP contribution < -0.4 is 10.6 Å². The zero-order valence-corrected chi connectivity index (χ0v) is 15.1. The predicted octanol–water partition coefficient (Wildman–Crippen LogP) is 3.00. The fraction of sp³-hybridized carbons (Fsp3) is 0.526. The standard InChI is InChI=1S/C19H27N5O/c1-14(2)12-21-19(25)15-8-5-6-9-16(15)20-13-18-23-22-17-10-4-3-7-11-24(17)18/h5-6,8-9,14,20H,3-4,7,10-13H2,1-2H3,(H,21,25). The molecule has 0 saturated heterocycles. The molecule has 0 unspecified atom stereocenters. The van der Waals surface area contributed by atoms with E-state index in [1.165, 1.54) is 19.3 Å². The molecule has 2 aromatic rings. The average molecular weight is 341 g/mol. The molecule has 1 aliphatic heterocycles. The van der Waals surface area contributed by atoms with Crippen LogP contribution in [0.3, 0.4) is 0 Å². The van der Waals surface area contributed by atoms with Gasteiger partial charge in [-0.05, 0) is 30.9 Å². The number of aryl methyl sites for hydroxylation is 1. The Kier molecular flexibility index (Phi) is 5.68. The molecule has 0 atom stereocenters. The molecule has 6 heteroatoms. The van der Waals surface area contributed by atoms with Crippen molar-refractivity contribution in [1.82, 2.24) is 20.1 Å². The highest BCUT2D eigenvalue weighted by Crippen LogP contribution is 2.18. The van der Waals surface area contributed by atoms with E-state index in [2.05, 4.69) is 39.2 Å². The second kappa shape index (κ2) is 8.14. The van der Waals surface area contributed by atoms with Crippen LogP contribution in [0.15, 0.2) is 24.3 Å². The van der Waals surface area contributed by atoms with Crippen molar-refractivity contribution < 1.29 is 4.79 Å². The number of fused-ring (bicyclic) bond motifs is 1. The van der Waals surface area contributed by atoms with E-state index in [1.807, 2.05) is 24.3 Å². The molecule has 3 rings (SSSR count). The Labute approximate surface area is 149 Å². The van der Waals surface area contributed by atoms with Gasteiger partial charge in [0.05, 0.1) is 12.1 Å². The van der Waals surface area contributed by atoms with Crippen LogP contribution in [0.1, 0.15) is 55.1 Å². The molecule has 0 fully saturated rings. The summed E-state index contributed by atoms with van der Waals surface area (Å²) in [6, 6.07) is 7.61. The van der Waals surface area contributed by atoms with Crippen molar-refractivity contribution in [1.29, 1.82) is 0 Å². The molecular formula is C19H27N5O. The van der Waals surface area contributed by atoms with Gasteiger partial charge in [-0.1, -0.05) is 32.4 Å². The minimum Gasteiger partial charge on any atom is -0.377 e. The second-order valence-corrected chi connectivity index (χ2v) is 7.00. The molecule has 1 aromatic heterocycles. The fourth-order valence-electron chi connectivity index (χ4n) is 3.08. The summed E-state index contributed by atoms with van der Waals surface area (Å²) in [7, 11) is 0. The number of hydrogen-bond acceptors (Lipinski definition) is 4. The van der Waals surface area contributed by atoms with Crippen molar-refractivity contribution >= 4 is 11.6 Å². The van der Waals surface area contributed by atoms with Crippen molar-refractivity contribution in [3.8, 4) is 0 Å². The minimum atomic E-state index is -0.0446. The van der Waals surface area contributed by atoms with Gasteiger partial charge in [0.25, 0.3) is 5.91 Å². The van der Waals surface area contributed by atoms with Crippen molar-refractivity contribution in [3.05, 3.63) is 41.5 Å². The lowest BCUT2D eigenvalue weighted by Crippen LogP contribution is -2.28. The third kappa shape index (κ3) is 4.38. The maximum Gasteiger partial charge on any atom is 0.253 e. The summed E-state index contributed by atoms with van der Waals surface area (Å²) in [5.74, 6) is 2.40. The van der Waals surface area contributed by atoms with Gasteiger partial charge in [-0.15, -0.1) is 10.2 Å². The van der Waals surface area contributed by atoms with Gasteiger partial charge in [-0.2, -0.15) is 0 Å². The zero-order valence-electron chi connectivity index (χ0n) is 15.1. The Bertz CT molecular complexity index is 722. The van der Waals surface area contributed by atoms with Crippen molar-refractivity contribution in [2.24, 2.45) is 5.92 Å². The monoisotopic (exact) mass is 341 g/mol. The molecule has 0 radical (unpaired) electrons. The molecule has 2 N–H and O–H groups in total. The molecule has 1 aromatic carbocycles. The van der Waals surface area contributed by atoms with Gasteiger partial charge < -0.3 is 15.2 Å². The number of benzene rings is 1. The minimum absolute atomic E-state index is 0.0446. The number of hydrogen-bond donors (Lipinski definition) is 2. The number of carbonyl (C=O) groups is 1. The molecule has 2 heterocycles. The number of para-hydroxylation sites is 1. The van der Waals surface area contributed by atoms with Crippen LogP contribution in [-0.2, 0) is 19.5 Å². The maximum atomic E-state index is 12.4. The first kappa shape index (κ1) is 17.5. The van der Waals surface area contributed by atoms with E-state index in [0.29, 0.717) is 24.6 Å². The van der Waals surface area contributed by atoms with Crippen LogP contribution in [-0.4, -0.2) is 27.2 Å². The maximum absolute atomic E-state index is 12.4. The topological polar surface area (TPSA) is 71.8 Å². The third-order valence-corrected chi connectivity index (χ3v) is 4.47.